The van der Waals surface area contributed by atoms with E-state index in [2.05, 4.69) is 0 Å². The highest BCUT2D eigenvalue weighted by molar-refractivity contribution is 7.93. The molecule has 0 radical (unpaired) electrons. The second-order valence-electron chi connectivity index (χ2n) is 6.02. The predicted octanol–water partition coefficient (Wildman–Crippen LogP) is 3.12. The number of benzene rings is 1. The Kier molecular flexibility index (Phi) is 4.18. The summed E-state index contributed by atoms with van der Waals surface area (Å²) in [4.78, 5) is 0.222. The third-order valence-electron chi connectivity index (χ3n) is 4.41. The predicted molar refractivity (Wildman–Crippen MR) is 83.8 cm³/mol. The van der Waals surface area contributed by atoms with E-state index in [0.717, 1.165) is 0 Å². The zero-order valence-electron chi connectivity index (χ0n) is 12.8. The number of ether oxygens (including phenoxy) is 1. The zero-order chi connectivity index (χ0) is 16.7. The molecular formula is C16H19F2NO3S. The Labute approximate surface area is 134 Å². The van der Waals surface area contributed by atoms with Crippen LogP contribution in [0.2, 0.25) is 0 Å². The van der Waals surface area contributed by atoms with E-state index in [1.165, 1.54) is 11.2 Å². The number of para-hydroxylation sites is 1. The average molecular weight is 343 g/mol. The van der Waals surface area contributed by atoms with Crippen molar-refractivity contribution in [2.75, 3.05) is 19.7 Å². The summed E-state index contributed by atoms with van der Waals surface area (Å²) in [6.45, 7) is 1.33. The van der Waals surface area contributed by atoms with Gasteiger partial charge in [0.2, 0.25) is 10.0 Å². The van der Waals surface area contributed by atoms with Crippen molar-refractivity contribution in [1.82, 2.24) is 4.31 Å². The van der Waals surface area contributed by atoms with Crippen molar-refractivity contribution in [3.05, 3.63) is 34.7 Å². The molecular weight excluding hydrogens is 324 g/mol. The number of hydrogen-bond acceptors (Lipinski definition) is 3. The minimum Gasteiger partial charge on any atom is -0.493 e. The van der Waals surface area contributed by atoms with Crippen LogP contribution in [0.4, 0.5) is 8.78 Å². The van der Waals surface area contributed by atoms with Crippen LogP contribution in [-0.4, -0.2) is 38.3 Å². The van der Waals surface area contributed by atoms with Gasteiger partial charge in [-0.1, -0.05) is 25.1 Å². The number of alkyl halides is 2. The molecule has 1 saturated heterocycles. The smallest absolute Gasteiger partial charge is 0.253 e. The standard InChI is InChI=1S/C16H19F2NO3S/c1-12-11-19(8-7-16(12,17)18)23(20,21)14-6-9-22-15-5-3-2-4-13(15)10-14/h2-5,10,12H,6-9,11H2,1H3. The molecule has 2 heterocycles. The zero-order valence-corrected chi connectivity index (χ0v) is 13.7. The molecule has 0 aliphatic carbocycles. The van der Waals surface area contributed by atoms with E-state index in [9.17, 15) is 17.2 Å². The summed E-state index contributed by atoms with van der Waals surface area (Å²) >= 11 is 0. The molecule has 1 atom stereocenters. The third-order valence-corrected chi connectivity index (χ3v) is 6.40. The number of halogens is 2. The largest absolute Gasteiger partial charge is 0.493 e. The third kappa shape index (κ3) is 3.12. The first-order chi connectivity index (χ1) is 10.8. The maximum Gasteiger partial charge on any atom is 0.253 e. The summed E-state index contributed by atoms with van der Waals surface area (Å²) in [6, 6.07) is 7.19. The Morgan fingerprint density at radius 2 is 2.04 bits per heavy atom. The van der Waals surface area contributed by atoms with Crippen LogP contribution in [-0.2, 0) is 10.0 Å². The van der Waals surface area contributed by atoms with Crippen LogP contribution in [0.5, 0.6) is 5.75 Å². The Balaban J connectivity index is 1.90. The minimum atomic E-state index is -3.75. The molecule has 0 saturated carbocycles. The van der Waals surface area contributed by atoms with Crippen molar-refractivity contribution in [3.8, 4) is 5.75 Å². The minimum absolute atomic E-state index is 0.153. The molecule has 0 aromatic heterocycles. The van der Waals surface area contributed by atoms with E-state index < -0.39 is 28.3 Å². The molecule has 4 nitrogen and oxygen atoms in total. The monoisotopic (exact) mass is 343 g/mol. The van der Waals surface area contributed by atoms with Crippen LogP contribution in [0.1, 0.15) is 25.3 Å². The highest BCUT2D eigenvalue weighted by atomic mass is 32.2. The van der Waals surface area contributed by atoms with Crippen molar-refractivity contribution < 1.29 is 21.9 Å². The van der Waals surface area contributed by atoms with Gasteiger partial charge in [-0.05, 0) is 12.1 Å². The normalized spacial score (nSPS) is 25.0. The molecule has 2 aliphatic heterocycles. The Bertz CT molecular complexity index is 731. The fourth-order valence-corrected chi connectivity index (χ4v) is 4.58. The first-order valence-corrected chi connectivity index (χ1v) is 9.05. The van der Waals surface area contributed by atoms with Crippen molar-refractivity contribution in [1.29, 1.82) is 0 Å². The van der Waals surface area contributed by atoms with Gasteiger partial charge in [-0.3, -0.25) is 0 Å². The van der Waals surface area contributed by atoms with Crippen LogP contribution in [0, 0.1) is 5.92 Å². The summed E-state index contributed by atoms with van der Waals surface area (Å²) < 4.78 is 59.6. The van der Waals surface area contributed by atoms with Crippen molar-refractivity contribution in [3.63, 3.8) is 0 Å². The van der Waals surface area contributed by atoms with E-state index in [-0.39, 0.29) is 31.0 Å². The Morgan fingerprint density at radius 3 is 2.78 bits per heavy atom. The molecule has 1 aromatic carbocycles. The molecule has 0 N–H and O–H groups in total. The summed E-state index contributed by atoms with van der Waals surface area (Å²) in [5.74, 6) is -3.16. The van der Waals surface area contributed by atoms with Gasteiger partial charge in [0.15, 0.2) is 0 Å². The van der Waals surface area contributed by atoms with Crippen LogP contribution in [0.25, 0.3) is 6.08 Å². The number of fused-ring (bicyclic) bond motifs is 1. The van der Waals surface area contributed by atoms with Gasteiger partial charge in [0.05, 0.1) is 11.5 Å². The van der Waals surface area contributed by atoms with Gasteiger partial charge in [-0.25, -0.2) is 17.2 Å². The van der Waals surface area contributed by atoms with Gasteiger partial charge in [0.25, 0.3) is 5.92 Å². The lowest BCUT2D eigenvalue weighted by Crippen LogP contribution is -2.48. The molecule has 0 amide bonds. The van der Waals surface area contributed by atoms with E-state index in [0.29, 0.717) is 11.3 Å². The number of sulfonamides is 1. The molecule has 7 heteroatoms. The quantitative estimate of drug-likeness (QED) is 0.829. The van der Waals surface area contributed by atoms with Gasteiger partial charge in [-0.2, -0.15) is 4.31 Å². The van der Waals surface area contributed by atoms with E-state index in [1.807, 2.05) is 6.07 Å². The maximum atomic E-state index is 13.6. The molecule has 1 unspecified atom stereocenters. The molecule has 0 spiro atoms. The molecule has 2 aliphatic rings. The van der Waals surface area contributed by atoms with E-state index in [4.69, 9.17) is 4.74 Å². The van der Waals surface area contributed by atoms with Crippen molar-refractivity contribution in [2.24, 2.45) is 5.92 Å². The summed E-state index contributed by atoms with van der Waals surface area (Å²) in [6.07, 6.45) is 1.39. The molecule has 23 heavy (non-hydrogen) atoms. The average Bonchev–Trinajstić information content (AvgIpc) is 2.72. The first kappa shape index (κ1) is 16.4. The maximum absolute atomic E-state index is 13.6. The lowest BCUT2D eigenvalue weighted by Gasteiger charge is -2.36. The van der Waals surface area contributed by atoms with Crippen LogP contribution < -0.4 is 4.74 Å². The Morgan fingerprint density at radius 1 is 1.30 bits per heavy atom. The fourth-order valence-electron chi connectivity index (χ4n) is 2.88. The fraction of sp³-hybridized carbons (Fsp3) is 0.500. The summed E-state index contributed by atoms with van der Waals surface area (Å²) in [5.41, 5.74) is 0.693. The number of piperidine rings is 1. The van der Waals surface area contributed by atoms with E-state index in [1.54, 1.807) is 24.3 Å². The first-order valence-electron chi connectivity index (χ1n) is 7.61. The lowest BCUT2D eigenvalue weighted by molar-refractivity contribution is -0.0852. The number of hydrogen-bond donors (Lipinski definition) is 0. The summed E-state index contributed by atoms with van der Waals surface area (Å²) in [5, 5.41) is 0. The van der Waals surface area contributed by atoms with Crippen LogP contribution in [0.3, 0.4) is 0 Å². The number of rotatable bonds is 2. The molecule has 1 aromatic rings. The highest BCUT2D eigenvalue weighted by Crippen LogP contribution is 2.36. The van der Waals surface area contributed by atoms with Crippen LogP contribution >= 0.6 is 0 Å². The molecule has 0 bridgehead atoms. The second-order valence-corrected chi connectivity index (χ2v) is 8.01. The lowest BCUT2D eigenvalue weighted by atomic mass is 9.97. The molecule has 3 rings (SSSR count). The number of nitrogens with zero attached hydrogens (tertiary/aromatic N) is 1. The van der Waals surface area contributed by atoms with Crippen LogP contribution in [0.15, 0.2) is 29.2 Å². The second kappa shape index (κ2) is 5.87. The van der Waals surface area contributed by atoms with Gasteiger partial charge < -0.3 is 4.74 Å². The van der Waals surface area contributed by atoms with Crippen molar-refractivity contribution >= 4 is 16.1 Å². The molecule has 126 valence electrons. The van der Waals surface area contributed by atoms with Gasteiger partial charge in [0, 0.05) is 37.4 Å². The molecule has 1 fully saturated rings. The van der Waals surface area contributed by atoms with E-state index >= 15 is 0 Å². The van der Waals surface area contributed by atoms with Crippen molar-refractivity contribution in [2.45, 2.75) is 25.7 Å². The summed E-state index contributed by atoms with van der Waals surface area (Å²) in [7, 11) is -3.75. The van der Waals surface area contributed by atoms with Gasteiger partial charge in [0.1, 0.15) is 5.75 Å². The SMILES string of the molecule is CC1CN(S(=O)(=O)C2=Cc3ccccc3OCC2)CCC1(F)F. The van der Waals surface area contributed by atoms with Gasteiger partial charge in [-0.15, -0.1) is 0 Å². The topological polar surface area (TPSA) is 46.6 Å². The Hall–Kier alpha value is -1.47. The van der Waals surface area contributed by atoms with Gasteiger partial charge >= 0.3 is 0 Å². The highest BCUT2D eigenvalue weighted by Gasteiger charge is 2.44.